The lowest BCUT2D eigenvalue weighted by Crippen LogP contribution is -2.47. The second-order valence-electron chi connectivity index (χ2n) is 6.62. The van der Waals surface area contributed by atoms with Gasteiger partial charge < -0.3 is 10.2 Å². The van der Waals surface area contributed by atoms with Crippen LogP contribution in [0.5, 0.6) is 0 Å². The number of aryl methyl sites for hydroxylation is 1. The lowest BCUT2D eigenvalue weighted by Gasteiger charge is -2.33. The predicted octanol–water partition coefficient (Wildman–Crippen LogP) is 1.78. The Balaban J connectivity index is 0.00000225. The summed E-state index contributed by atoms with van der Waals surface area (Å²) in [7, 11) is -1.27. The van der Waals surface area contributed by atoms with Crippen LogP contribution in [0.2, 0.25) is 0 Å². The molecule has 0 saturated carbocycles. The third-order valence-corrected chi connectivity index (χ3v) is 6.81. The highest BCUT2D eigenvalue weighted by molar-refractivity contribution is 7.93. The van der Waals surface area contributed by atoms with Crippen molar-refractivity contribution in [1.82, 2.24) is 10.2 Å². The number of sulfonamides is 1. The maximum Gasteiger partial charge on any atom is 0.254 e. The zero-order valence-corrected chi connectivity index (χ0v) is 16.3. The SMILES string of the molecule is CNC1CCCN(C(=O)c2ccc(N3CCCS3(=O)=O)cc2C)C1.Cl. The van der Waals surface area contributed by atoms with Crippen LogP contribution in [-0.2, 0) is 10.0 Å². The van der Waals surface area contributed by atoms with Gasteiger partial charge in [-0.05, 0) is 57.0 Å². The molecule has 0 aromatic heterocycles. The number of piperidine rings is 1. The molecule has 6 nitrogen and oxygen atoms in total. The van der Waals surface area contributed by atoms with Crippen LogP contribution < -0.4 is 9.62 Å². The number of likely N-dealkylation sites (tertiary alicyclic amines) is 1. The van der Waals surface area contributed by atoms with E-state index < -0.39 is 10.0 Å². The molecule has 8 heteroatoms. The molecule has 1 aromatic carbocycles. The van der Waals surface area contributed by atoms with Gasteiger partial charge in [0.25, 0.3) is 5.91 Å². The summed E-state index contributed by atoms with van der Waals surface area (Å²) in [6, 6.07) is 5.68. The van der Waals surface area contributed by atoms with Crippen LogP contribution in [-0.4, -0.2) is 57.7 Å². The number of amides is 1. The molecular weight excluding hydrogens is 362 g/mol. The van der Waals surface area contributed by atoms with Crippen molar-refractivity contribution in [3.05, 3.63) is 29.3 Å². The second-order valence-corrected chi connectivity index (χ2v) is 8.63. The van der Waals surface area contributed by atoms with Crippen molar-refractivity contribution in [1.29, 1.82) is 0 Å². The number of carbonyl (C=O) groups is 1. The summed E-state index contributed by atoms with van der Waals surface area (Å²) in [4.78, 5) is 14.7. The number of benzene rings is 1. The Bertz CT molecular complexity index is 739. The molecule has 1 amide bonds. The van der Waals surface area contributed by atoms with Crippen LogP contribution in [0.3, 0.4) is 0 Å². The predicted molar refractivity (Wildman–Crippen MR) is 102 cm³/mol. The quantitative estimate of drug-likeness (QED) is 0.858. The molecule has 2 heterocycles. The van der Waals surface area contributed by atoms with Gasteiger partial charge in [0.05, 0.1) is 11.4 Å². The fourth-order valence-corrected chi connectivity index (χ4v) is 5.10. The van der Waals surface area contributed by atoms with Crippen molar-refractivity contribution < 1.29 is 13.2 Å². The Morgan fingerprint density at radius 2 is 2.00 bits per heavy atom. The van der Waals surface area contributed by atoms with Crippen molar-refractivity contribution in [2.24, 2.45) is 0 Å². The molecule has 1 aromatic rings. The number of carbonyl (C=O) groups excluding carboxylic acids is 1. The highest BCUT2D eigenvalue weighted by Gasteiger charge is 2.29. The summed E-state index contributed by atoms with van der Waals surface area (Å²) in [6.45, 7) is 3.89. The van der Waals surface area contributed by atoms with Gasteiger partial charge in [-0.15, -0.1) is 12.4 Å². The van der Waals surface area contributed by atoms with E-state index in [2.05, 4.69) is 5.32 Å². The number of nitrogens with one attached hydrogen (secondary N) is 1. The molecule has 2 aliphatic rings. The van der Waals surface area contributed by atoms with E-state index in [0.717, 1.165) is 31.5 Å². The van der Waals surface area contributed by atoms with Crippen LogP contribution in [0.4, 0.5) is 5.69 Å². The molecule has 2 aliphatic heterocycles. The third kappa shape index (κ3) is 4.10. The van der Waals surface area contributed by atoms with E-state index in [1.54, 1.807) is 12.1 Å². The van der Waals surface area contributed by atoms with Crippen molar-refractivity contribution in [3.8, 4) is 0 Å². The van der Waals surface area contributed by atoms with Gasteiger partial charge in [-0.2, -0.15) is 0 Å². The molecule has 0 bridgehead atoms. The van der Waals surface area contributed by atoms with Crippen molar-refractivity contribution in [2.45, 2.75) is 32.2 Å². The van der Waals surface area contributed by atoms with E-state index in [9.17, 15) is 13.2 Å². The molecule has 140 valence electrons. The fraction of sp³-hybridized carbons (Fsp3) is 0.588. The highest BCUT2D eigenvalue weighted by atomic mass is 35.5. The van der Waals surface area contributed by atoms with Gasteiger partial charge in [0.15, 0.2) is 0 Å². The van der Waals surface area contributed by atoms with Crippen molar-refractivity contribution in [3.63, 3.8) is 0 Å². The lowest BCUT2D eigenvalue weighted by molar-refractivity contribution is 0.0697. The number of nitrogens with zero attached hydrogens (tertiary/aromatic N) is 2. The molecule has 1 unspecified atom stereocenters. The zero-order chi connectivity index (χ0) is 17.3. The minimum absolute atomic E-state index is 0. The van der Waals surface area contributed by atoms with Gasteiger partial charge in [0, 0.05) is 31.2 Å². The van der Waals surface area contributed by atoms with E-state index in [1.165, 1.54) is 4.31 Å². The van der Waals surface area contributed by atoms with Crippen LogP contribution in [0.1, 0.15) is 35.2 Å². The average molecular weight is 388 g/mol. The summed E-state index contributed by atoms with van der Waals surface area (Å²) < 4.78 is 25.6. The molecule has 1 N–H and O–H groups in total. The summed E-state index contributed by atoms with van der Waals surface area (Å²) in [5.74, 6) is 0.231. The third-order valence-electron chi connectivity index (χ3n) is 4.94. The first-order chi connectivity index (χ1) is 11.4. The molecule has 25 heavy (non-hydrogen) atoms. The molecule has 0 aliphatic carbocycles. The monoisotopic (exact) mass is 387 g/mol. The standard InChI is InChI=1S/C17H25N3O3S.ClH/c1-13-11-15(20-9-4-10-24(20,22)23)6-7-16(13)17(21)19-8-3-5-14(12-19)18-2;/h6-7,11,14,18H,3-5,8-10,12H2,1-2H3;1H. The van der Waals surface area contributed by atoms with E-state index in [-0.39, 0.29) is 24.1 Å². The Labute approximate surface area is 156 Å². The number of rotatable bonds is 3. The van der Waals surface area contributed by atoms with Gasteiger partial charge in [-0.3, -0.25) is 9.10 Å². The van der Waals surface area contributed by atoms with E-state index in [1.807, 2.05) is 24.9 Å². The maximum atomic E-state index is 12.8. The maximum absolute atomic E-state index is 12.8. The number of halogens is 1. The Hall–Kier alpha value is -1.31. The minimum atomic E-state index is -3.19. The number of anilines is 1. The smallest absolute Gasteiger partial charge is 0.254 e. The number of hydrogen-bond acceptors (Lipinski definition) is 4. The summed E-state index contributed by atoms with van der Waals surface area (Å²) in [5, 5.41) is 3.24. The van der Waals surface area contributed by atoms with Gasteiger partial charge in [0.1, 0.15) is 0 Å². The van der Waals surface area contributed by atoms with Crippen molar-refractivity contribution in [2.75, 3.05) is 36.7 Å². The van der Waals surface area contributed by atoms with Crippen LogP contribution in [0, 0.1) is 6.92 Å². The summed E-state index contributed by atoms with van der Waals surface area (Å²) in [5.41, 5.74) is 2.14. The van der Waals surface area contributed by atoms with Crippen LogP contribution in [0.25, 0.3) is 0 Å². The topological polar surface area (TPSA) is 69.7 Å². The molecule has 1 atom stereocenters. The first-order valence-corrected chi connectivity index (χ1v) is 10.1. The zero-order valence-electron chi connectivity index (χ0n) is 14.7. The van der Waals surface area contributed by atoms with E-state index >= 15 is 0 Å². The fourth-order valence-electron chi connectivity index (χ4n) is 3.54. The van der Waals surface area contributed by atoms with E-state index in [0.29, 0.717) is 30.3 Å². The molecule has 0 radical (unpaired) electrons. The normalized spacial score (nSPS) is 22.6. The Morgan fingerprint density at radius 1 is 1.24 bits per heavy atom. The largest absolute Gasteiger partial charge is 0.337 e. The lowest BCUT2D eigenvalue weighted by atomic mass is 10.0. The average Bonchev–Trinajstić information content (AvgIpc) is 2.93. The van der Waals surface area contributed by atoms with Gasteiger partial charge in [-0.25, -0.2) is 8.42 Å². The van der Waals surface area contributed by atoms with Crippen LogP contribution >= 0.6 is 12.4 Å². The Kier molecular flexibility index (Phi) is 6.35. The summed E-state index contributed by atoms with van der Waals surface area (Å²) in [6.07, 6.45) is 2.74. The number of likely N-dealkylation sites (N-methyl/N-ethyl adjacent to an activating group) is 1. The molecule has 0 spiro atoms. The molecule has 2 saturated heterocycles. The molecular formula is C17H26ClN3O3S. The van der Waals surface area contributed by atoms with Gasteiger partial charge >= 0.3 is 0 Å². The van der Waals surface area contributed by atoms with Gasteiger partial charge in [0.2, 0.25) is 10.0 Å². The molecule has 3 rings (SSSR count). The molecule has 2 fully saturated rings. The van der Waals surface area contributed by atoms with E-state index in [4.69, 9.17) is 0 Å². The van der Waals surface area contributed by atoms with Gasteiger partial charge in [-0.1, -0.05) is 0 Å². The second kappa shape index (κ2) is 7.93. The highest BCUT2D eigenvalue weighted by Crippen LogP contribution is 2.27. The number of hydrogen-bond donors (Lipinski definition) is 1. The minimum Gasteiger partial charge on any atom is -0.337 e. The van der Waals surface area contributed by atoms with Crippen LogP contribution in [0.15, 0.2) is 18.2 Å². The first kappa shape index (κ1) is 20.0. The summed E-state index contributed by atoms with van der Waals surface area (Å²) >= 11 is 0. The Morgan fingerprint density at radius 3 is 2.60 bits per heavy atom. The first-order valence-electron chi connectivity index (χ1n) is 8.50. The van der Waals surface area contributed by atoms with Crippen molar-refractivity contribution >= 4 is 34.0 Å².